The van der Waals surface area contributed by atoms with Crippen molar-refractivity contribution >= 4 is 23.3 Å². The monoisotopic (exact) mass is 360 g/mol. The molecule has 0 spiro atoms. The highest BCUT2D eigenvalue weighted by Crippen LogP contribution is 2.32. The normalized spacial score (nSPS) is 13.2. The Bertz CT molecular complexity index is 760. The molecule has 0 atom stereocenters. The standard InChI is InChI=1S/C19H21ClN2O3/c1-19(2,13-3-5-14(20)6-4-13)12-21-18(23)22-15-7-8-16-17(11-15)25-10-9-24-16/h3-8,11H,9-10,12H2,1-2H3,(H2,21,22,23). The van der Waals surface area contributed by atoms with Crippen LogP contribution in [0.4, 0.5) is 10.5 Å². The molecule has 0 saturated heterocycles. The molecule has 0 aromatic heterocycles. The topological polar surface area (TPSA) is 59.6 Å². The summed E-state index contributed by atoms with van der Waals surface area (Å²) in [6, 6.07) is 12.7. The molecule has 6 heteroatoms. The molecule has 5 nitrogen and oxygen atoms in total. The van der Waals surface area contributed by atoms with Gasteiger partial charge in [-0.05, 0) is 29.8 Å². The third-order valence-corrected chi connectivity index (χ3v) is 4.37. The van der Waals surface area contributed by atoms with Gasteiger partial charge in [0, 0.05) is 28.7 Å². The minimum absolute atomic E-state index is 0.214. The number of halogens is 1. The van der Waals surface area contributed by atoms with Crippen LogP contribution in [0.2, 0.25) is 5.02 Å². The van der Waals surface area contributed by atoms with Crippen molar-refractivity contribution < 1.29 is 14.3 Å². The van der Waals surface area contributed by atoms with Crippen molar-refractivity contribution in [2.24, 2.45) is 0 Å². The lowest BCUT2D eigenvalue weighted by molar-refractivity contribution is 0.171. The summed E-state index contributed by atoms with van der Waals surface area (Å²) >= 11 is 5.93. The molecule has 2 aromatic carbocycles. The number of fused-ring (bicyclic) bond motifs is 1. The number of rotatable bonds is 4. The minimum atomic E-state index is -0.265. The van der Waals surface area contributed by atoms with Crippen LogP contribution in [0, 0.1) is 0 Å². The Balaban J connectivity index is 1.58. The maximum Gasteiger partial charge on any atom is 0.319 e. The molecule has 0 aliphatic carbocycles. The number of amides is 2. The Labute approximate surface area is 152 Å². The first-order chi connectivity index (χ1) is 11.9. The van der Waals surface area contributed by atoms with Crippen molar-refractivity contribution in [2.75, 3.05) is 25.1 Å². The number of hydrogen-bond acceptors (Lipinski definition) is 3. The summed E-state index contributed by atoms with van der Waals surface area (Å²) in [5, 5.41) is 6.43. The van der Waals surface area contributed by atoms with Gasteiger partial charge in [0.15, 0.2) is 11.5 Å². The van der Waals surface area contributed by atoms with E-state index in [1.54, 1.807) is 18.2 Å². The van der Waals surface area contributed by atoms with Crippen molar-refractivity contribution in [1.82, 2.24) is 5.32 Å². The summed E-state index contributed by atoms with van der Waals surface area (Å²) in [5.41, 5.74) is 1.55. The molecule has 0 unspecified atom stereocenters. The molecule has 0 saturated carbocycles. The van der Waals surface area contributed by atoms with Gasteiger partial charge in [-0.15, -0.1) is 0 Å². The Morgan fingerprint density at radius 3 is 2.48 bits per heavy atom. The highest BCUT2D eigenvalue weighted by Gasteiger charge is 2.21. The average Bonchev–Trinajstić information content (AvgIpc) is 2.60. The fraction of sp³-hybridized carbons (Fsp3) is 0.316. The molecule has 1 aliphatic rings. The molecule has 0 bridgehead atoms. The second kappa shape index (κ2) is 7.23. The molecule has 2 N–H and O–H groups in total. The molecule has 25 heavy (non-hydrogen) atoms. The van der Waals surface area contributed by atoms with Gasteiger partial charge in [0.2, 0.25) is 0 Å². The van der Waals surface area contributed by atoms with Crippen LogP contribution in [0.1, 0.15) is 19.4 Å². The zero-order valence-electron chi connectivity index (χ0n) is 14.3. The molecular weight excluding hydrogens is 340 g/mol. The first kappa shape index (κ1) is 17.4. The van der Waals surface area contributed by atoms with E-state index in [0.717, 1.165) is 5.56 Å². The predicted octanol–water partition coefficient (Wildman–Crippen LogP) is 4.21. The number of carbonyl (C=O) groups excluding carboxylic acids is 1. The van der Waals surface area contributed by atoms with Gasteiger partial charge in [-0.1, -0.05) is 37.6 Å². The predicted molar refractivity (Wildman–Crippen MR) is 98.9 cm³/mol. The summed E-state index contributed by atoms with van der Waals surface area (Å²) in [7, 11) is 0. The lowest BCUT2D eigenvalue weighted by Crippen LogP contribution is -2.39. The van der Waals surface area contributed by atoms with E-state index in [1.165, 1.54) is 0 Å². The van der Waals surface area contributed by atoms with Crippen LogP contribution in [0.3, 0.4) is 0 Å². The van der Waals surface area contributed by atoms with E-state index in [1.807, 2.05) is 24.3 Å². The molecule has 3 rings (SSSR count). The van der Waals surface area contributed by atoms with E-state index in [2.05, 4.69) is 24.5 Å². The van der Waals surface area contributed by atoms with Crippen LogP contribution in [0.5, 0.6) is 11.5 Å². The van der Waals surface area contributed by atoms with E-state index in [0.29, 0.717) is 42.0 Å². The quantitative estimate of drug-likeness (QED) is 0.858. The minimum Gasteiger partial charge on any atom is -0.486 e. The lowest BCUT2D eigenvalue weighted by Gasteiger charge is -2.26. The smallest absolute Gasteiger partial charge is 0.319 e. The van der Waals surface area contributed by atoms with E-state index in [-0.39, 0.29) is 11.4 Å². The molecule has 1 aliphatic heterocycles. The summed E-state index contributed by atoms with van der Waals surface area (Å²) in [6.07, 6.45) is 0. The first-order valence-electron chi connectivity index (χ1n) is 8.15. The third kappa shape index (κ3) is 4.37. The highest BCUT2D eigenvalue weighted by molar-refractivity contribution is 6.30. The van der Waals surface area contributed by atoms with Crippen molar-refractivity contribution in [2.45, 2.75) is 19.3 Å². The fourth-order valence-electron chi connectivity index (χ4n) is 2.60. The van der Waals surface area contributed by atoms with Crippen LogP contribution in [-0.2, 0) is 5.41 Å². The number of urea groups is 1. The van der Waals surface area contributed by atoms with Gasteiger partial charge >= 0.3 is 6.03 Å². The number of anilines is 1. The highest BCUT2D eigenvalue weighted by atomic mass is 35.5. The molecule has 1 heterocycles. The third-order valence-electron chi connectivity index (χ3n) is 4.12. The van der Waals surface area contributed by atoms with Gasteiger partial charge in [0.05, 0.1) is 0 Å². The lowest BCUT2D eigenvalue weighted by atomic mass is 9.85. The van der Waals surface area contributed by atoms with Crippen molar-refractivity contribution in [1.29, 1.82) is 0 Å². The maximum absolute atomic E-state index is 12.2. The average molecular weight is 361 g/mol. The number of hydrogen-bond donors (Lipinski definition) is 2. The molecule has 132 valence electrons. The molecule has 0 fully saturated rings. The summed E-state index contributed by atoms with van der Waals surface area (Å²) in [6.45, 7) is 5.68. The Hall–Kier alpha value is -2.40. The van der Waals surface area contributed by atoms with Gasteiger partial charge in [0.25, 0.3) is 0 Å². The summed E-state index contributed by atoms with van der Waals surface area (Å²) < 4.78 is 11.0. The van der Waals surface area contributed by atoms with E-state index in [4.69, 9.17) is 21.1 Å². The Morgan fingerprint density at radius 2 is 1.76 bits per heavy atom. The van der Waals surface area contributed by atoms with Gasteiger partial charge < -0.3 is 20.1 Å². The van der Waals surface area contributed by atoms with Crippen molar-refractivity contribution in [3.05, 3.63) is 53.1 Å². The van der Waals surface area contributed by atoms with Crippen LogP contribution in [0.15, 0.2) is 42.5 Å². The number of nitrogens with one attached hydrogen (secondary N) is 2. The Morgan fingerprint density at radius 1 is 1.08 bits per heavy atom. The van der Waals surface area contributed by atoms with Crippen LogP contribution < -0.4 is 20.1 Å². The second-order valence-electron chi connectivity index (χ2n) is 6.56. The molecular formula is C19H21ClN2O3. The van der Waals surface area contributed by atoms with E-state index >= 15 is 0 Å². The first-order valence-corrected chi connectivity index (χ1v) is 8.52. The molecule has 0 radical (unpaired) electrons. The van der Waals surface area contributed by atoms with Crippen molar-refractivity contribution in [3.8, 4) is 11.5 Å². The second-order valence-corrected chi connectivity index (χ2v) is 6.99. The number of benzene rings is 2. The molecule has 2 amide bonds. The summed E-state index contributed by atoms with van der Waals surface area (Å²) in [5.74, 6) is 1.34. The van der Waals surface area contributed by atoms with Crippen LogP contribution >= 0.6 is 11.6 Å². The SMILES string of the molecule is CC(C)(CNC(=O)Nc1ccc2c(c1)OCCO2)c1ccc(Cl)cc1. The molecule has 2 aromatic rings. The number of ether oxygens (including phenoxy) is 2. The number of carbonyl (C=O) groups is 1. The largest absolute Gasteiger partial charge is 0.486 e. The van der Waals surface area contributed by atoms with Crippen LogP contribution in [-0.4, -0.2) is 25.8 Å². The fourth-order valence-corrected chi connectivity index (χ4v) is 2.73. The van der Waals surface area contributed by atoms with Crippen molar-refractivity contribution in [3.63, 3.8) is 0 Å². The van der Waals surface area contributed by atoms with Gasteiger partial charge in [-0.25, -0.2) is 4.79 Å². The Kier molecular flexibility index (Phi) is 5.04. The zero-order valence-corrected chi connectivity index (χ0v) is 15.0. The van der Waals surface area contributed by atoms with Gasteiger partial charge in [-0.2, -0.15) is 0 Å². The zero-order chi connectivity index (χ0) is 17.9. The van der Waals surface area contributed by atoms with Crippen LogP contribution in [0.25, 0.3) is 0 Å². The maximum atomic E-state index is 12.2. The van der Waals surface area contributed by atoms with E-state index in [9.17, 15) is 4.79 Å². The van der Waals surface area contributed by atoms with Gasteiger partial charge in [-0.3, -0.25) is 0 Å². The van der Waals surface area contributed by atoms with E-state index < -0.39 is 0 Å². The van der Waals surface area contributed by atoms with Gasteiger partial charge in [0.1, 0.15) is 13.2 Å². The summed E-state index contributed by atoms with van der Waals surface area (Å²) in [4.78, 5) is 12.2.